The smallest absolute Gasteiger partial charge is 0.242 e. The van der Waals surface area contributed by atoms with Gasteiger partial charge >= 0.3 is 0 Å². The first-order valence-corrected chi connectivity index (χ1v) is 8.70. The lowest BCUT2D eigenvalue weighted by Gasteiger charge is -2.19. The lowest BCUT2D eigenvalue weighted by atomic mass is 10.4. The molecular formula is C12H20ClN5O2S. The van der Waals surface area contributed by atoms with E-state index in [9.17, 15) is 8.42 Å². The number of nitrogens with two attached hydrogens (primary N) is 1. The summed E-state index contributed by atoms with van der Waals surface area (Å²) in [5.74, 6) is 5.44. The van der Waals surface area contributed by atoms with Gasteiger partial charge in [-0.2, -0.15) is 0 Å². The van der Waals surface area contributed by atoms with Gasteiger partial charge in [0.15, 0.2) is 5.82 Å². The number of likely N-dealkylation sites (N-methyl/N-ethyl adjacent to an activating group) is 1. The molecule has 0 atom stereocenters. The summed E-state index contributed by atoms with van der Waals surface area (Å²) in [6.45, 7) is 4.07. The van der Waals surface area contributed by atoms with Crippen LogP contribution >= 0.6 is 11.6 Å². The van der Waals surface area contributed by atoms with Crippen LogP contribution in [0.4, 0.5) is 5.82 Å². The van der Waals surface area contributed by atoms with Crippen LogP contribution in [0, 0.1) is 0 Å². The summed E-state index contributed by atoms with van der Waals surface area (Å²) in [6, 6.07) is 1.94. The Morgan fingerprint density at radius 1 is 1.52 bits per heavy atom. The molecule has 0 aliphatic heterocycles. The van der Waals surface area contributed by atoms with E-state index in [2.05, 4.69) is 27.0 Å². The van der Waals surface area contributed by atoms with Gasteiger partial charge in [0.1, 0.15) is 4.90 Å². The predicted octanol–water partition coefficient (Wildman–Crippen LogP) is 0.783. The van der Waals surface area contributed by atoms with Crippen LogP contribution < -0.4 is 16.0 Å². The Morgan fingerprint density at radius 2 is 2.24 bits per heavy atom. The summed E-state index contributed by atoms with van der Waals surface area (Å²) in [4.78, 5) is 6.16. The molecule has 1 aromatic heterocycles. The number of hydrogen-bond acceptors (Lipinski definition) is 6. The number of nitrogens with zero attached hydrogens (tertiary/aromatic N) is 2. The third kappa shape index (κ3) is 4.27. The van der Waals surface area contributed by atoms with Crippen molar-refractivity contribution in [1.29, 1.82) is 0 Å². The number of hydrazine groups is 1. The first-order chi connectivity index (χ1) is 9.97. The molecule has 4 N–H and O–H groups in total. The van der Waals surface area contributed by atoms with E-state index in [1.54, 1.807) is 0 Å². The number of anilines is 1. The molecule has 1 aliphatic rings. The molecule has 1 aromatic rings. The minimum absolute atomic E-state index is 0.0287. The summed E-state index contributed by atoms with van der Waals surface area (Å²) in [5.41, 5.74) is 2.29. The Balaban J connectivity index is 1.96. The molecule has 1 aliphatic carbocycles. The molecule has 118 valence electrons. The Morgan fingerprint density at radius 3 is 2.76 bits per heavy atom. The van der Waals surface area contributed by atoms with Crippen molar-refractivity contribution in [2.75, 3.05) is 25.1 Å². The molecule has 9 heteroatoms. The van der Waals surface area contributed by atoms with Crippen molar-refractivity contribution in [1.82, 2.24) is 14.6 Å². The third-order valence-corrected chi connectivity index (χ3v) is 5.14. The van der Waals surface area contributed by atoms with Gasteiger partial charge in [0, 0.05) is 25.3 Å². The normalized spacial score (nSPS) is 15.4. The second-order valence-corrected chi connectivity index (χ2v) is 7.08. The molecular weight excluding hydrogens is 314 g/mol. The highest BCUT2D eigenvalue weighted by molar-refractivity contribution is 7.89. The molecule has 0 radical (unpaired) electrons. The Hall–Kier alpha value is -0.930. The zero-order chi connectivity index (χ0) is 15.5. The first-order valence-electron chi connectivity index (χ1n) is 6.83. The minimum Gasteiger partial charge on any atom is -0.307 e. The lowest BCUT2D eigenvalue weighted by Crippen LogP contribution is -2.36. The van der Waals surface area contributed by atoms with Crippen LogP contribution in [0.2, 0.25) is 5.02 Å². The van der Waals surface area contributed by atoms with Crippen LogP contribution in [0.25, 0.3) is 0 Å². The van der Waals surface area contributed by atoms with Crippen molar-refractivity contribution in [3.63, 3.8) is 0 Å². The van der Waals surface area contributed by atoms with Gasteiger partial charge in [0.2, 0.25) is 10.0 Å². The van der Waals surface area contributed by atoms with Crippen molar-refractivity contribution >= 4 is 27.4 Å². The third-order valence-electron chi connectivity index (χ3n) is 3.42. The highest BCUT2D eigenvalue weighted by atomic mass is 35.5. The monoisotopic (exact) mass is 333 g/mol. The summed E-state index contributed by atoms with van der Waals surface area (Å²) in [5, 5.41) is 0.161. The Kier molecular flexibility index (Phi) is 5.39. The van der Waals surface area contributed by atoms with E-state index in [4.69, 9.17) is 17.4 Å². The van der Waals surface area contributed by atoms with Gasteiger partial charge in [-0.3, -0.25) is 4.90 Å². The van der Waals surface area contributed by atoms with Crippen molar-refractivity contribution < 1.29 is 8.42 Å². The molecule has 0 unspecified atom stereocenters. The molecule has 0 amide bonds. The Labute approximate surface area is 129 Å². The van der Waals surface area contributed by atoms with Gasteiger partial charge in [0.05, 0.1) is 5.02 Å². The maximum absolute atomic E-state index is 12.2. The zero-order valence-electron chi connectivity index (χ0n) is 11.8. The van der Waals surface area contributed by atoms with Crippen molar-refractivity contribution in [3.8, 4) is 0 Å². The number of nitrogens with one attached hydrogen (secondary N) is 2. The van der Waals surface area contributed by atoms with Crippen LogP contribution in [-0.2, 0) is 10.0 Å². The fraction of sp³-hybridized carbons (Fsp3) is 0.583. The van der Waals surface area contributed by atoms with E-state index in [0.29, 0.717) is 19.1 Å². The second-order valence-electron chi connectivity index (χ2n) is 4.90. The largest absolute Gasteiger partial charge is 0.307 e. The van der Waals surface area contributed by atoms with Gasteiger partial charge in [0.25, 0.3) is 0 Å². The van der Waals surface area contributed by atoms with Crippen LogP contribution in [-0.4, -0.2) is 44.0 Å². The van der Waals surface area contributed by atoms with Gasteiger partial charge in [-0.1, -0.05) is 18.5 Å². The van der Waals surface area contributed by atoms with E-state index in [1.165, 1.54) is 25.1 Å². The SMILES string of the molecule is CCN(CCNS(=O)(=O)c1cnc(NN)c(Cl)c1)C1CC1. The molecule has 0 spiro atoms. The van der Waals surface area contributed by atoms with Gasteiger partial charge in [-0.15, -0.1) is 0 Å². The lowest BCUT2D eigenvalue weighted by molar-refractivity contribution is 0.282. The number of hydrogen-bond donors (Lipinski definition) is 3. The van der Waals surface area contributed by atoms with Gasteiger partial charge in [-0.25, -0.2) is 24.0 Å². The number of sulfonamides is 1. The van der Waals surface area contributed by atoms with Crippen LogP contribution in [0.15, 0.2) is 17.2 Å². The topological polar surface area (TPSA) is 100 Å². The van der Waals surface area contributed by atoms with E-state index >= 15 is 0 Å². The average Bonchev–Trinajstić information content (AvgIpc) is 3.28. The molecule has 1 fully saturated rings. The number of nitrogen functional groups attached to an aromatic ring is 1. The molecule has 21 heavy (non-hydrogen) atoms. The standard InChI is InChI=1S/C12H20ClN5O2S/c1-2-18(9-3-4-9)6-5-16-21(19,20)10-7-11(13)12(17-14)15-8-10/h7-9,16H,2-6,14H2,1H3,(H,15,17). The van der Waals surface area contributed by atoms with Crippen molar-refractivity contribution in [2.24, 2.45) is 5.84 Å². The highest BCUT2D eigenvalue weighted by Crippen LogP contribution is 2.26. The maximum atomic E-state index is 12.2. The Bertz CT molecular complexity index is 591. The van der Waals surface area contributed by atoms with E-state index < -0.39 is 10.0 Å². The highest BCUT2D eigenvalue weighted by Gasteiger charge is 2.27. The molecule has 1 heterocycles. The van der Waals surface area contributed by atoms with Crippen molar-refractivity contribution in [3.05, 3.63) is 17.3 Å². The van der Waals surface area contributed by atoms with Crippen LogP contribution in [0.3, 0.4) is 0 Å². The fourth-order valence-electron chi connectivity index (χ4n) is 2.12. The van der Waals surface area contributed by atoms with Crippen molar-refractivity contribution in [2.45, 2.75) is 30.7 Å². The molecule has 1 saturated carbocycles. The summed E-state index contributed by atoms with van der Waals surface area (Å²) >= 11 is 5.89. The van der Waals surface area contributed by atoms with E-state index in [1.807, 2.05) is 0 Å². The molecule has 7 nitrogen and oxygen atoms in total. The van der Waals surface area contributed by atoms with Crippen LogP contribution in [0.5, 0.6) is 0 Å². The molecule has 0 aromatic carbocycles. The second kappa shape index (κ2) is 6.89. The number of pyridine rings is 1. The number of aromatic nitrogens is 1. The van der Waals surface area contributed by atoms with Crippen LogP contribution in [0.1, 0.15) is 19.8 Å². The quantitative estimate of drug-likeness (QED) is 0.480. The van der Waals surface area contributed by atoms with E-state index in [0.717, 1.165) is 6.54 Å². The van der Waals surface area contributed by atoms with E-state index in [-0.39, 0.29) is 15.7 Å². The summed E-state index contributed by atoms with van der Waals surface area (Å²) in [6.07, 6.45) is 3.63. The number of halogens is 1. The summed E-state index contributed by atoms with van der Waals surface area (Å²) < 4.78 is 26.9. The fourth-order valence-corrected chi connectivity index (χ4v) is 3.40. The first kappa shape index (κ1) is 16.4. The van der Waals surface area contributed by atoms with Gasteiger partial charge in [-0.05, 0) is 25.5 Å². The average molecular weight is 334 g/mol. The zero-order valence-corrected chi connectivity index (χ0v) is 13.4. The summed E-state index contributed by atoms with van der Waals surface area (Å²) in [7, 11) is -3.61. The maximum Gasteiger partial charge on any atom is 0.242 e. The number of rotatable bonds is 8. The molecule has 0 saturated heterocycles. The molecule has 2 rings (SSSR count). The minimum atomic E-state index is -3.61. The predicted molar refractivity (Wildman–Crippen MR) is 82.5 cm³/mol. The van der Waals surface area contributed by atoms with Gasteiger partial charge < -0.3 is 5.43 Å². The molecule has 0 bridgehead atoms.